The van der Waals surface area contributed by atoms with Gasteiger partial charge >= 0.3 is 6.18 Å². The number of nitrogens with zero attached hydrogens (tertiary/aromatic N) is 1. The summed E-state index contributed by atoms with van der Waals surface area (Å²) in [4.78, 5) is 0. The maximum absolute atomic E-state index is 13.3. The van der Waals surface area contributed by atoms with Gasteiger partial charge in [-0.2, -0.15) is 13.2 Å². The number of aromatic nitrogens is 1. The van der Waals surface area contributed by atoms with E-state index in [0.717, 1.165) is 15.6 Å². The van der Waals surface area contributed by atoms with E-state index in [-0.39, 0.29) is 3.57 Å². The van der Waals surface area contributed by atoms with Crippen LogP contribution in [-0.2, 0) is 12.7 Å². The number of rotatable bonds is 3. The molecule has 0 aliphatic carbocycles. The second kappa shape index (κ2) is 6.92. The summed E-state index contributed by atoms with van der Waals surface area (Å²) < 4.78 is 42.8. The maximum Gasteiger partial charge on any atom is 0.418 e. The molecule has 0 radical (unpaired) electrons. The van der Waals surface area contributed by atoms with Crippen LogP contribution in [0.2, 0.25) is 0 Å². The van der Waals surface area contributed by atoms with E-state index < -0.39 is 11.7 Å². The van der Waals surface area contributed by atoms with Crippen molar-refractivity contribution in [2.45, 2.75) is 12.7 Å². The normalized spacial score (nSPS) is 11.7. The molecule has 3 rings (SSSR count). The van der Waals surface area contributed by atoms with Gasteiger partial charge in [-0.15, -0.1) is 0 Å². The predicted molar refractivity (Wildman–Crippen MR) is 101 cm³/mol. The average molecular weight is 506 g/mol. The van der Waals surface area contributed by atoms with Gasteiger partial charge in [-0.25, -0.2) is 0 Å². The smallest absolute Gasteiger partial charge is 0.342 e. The largest absolute Gasteiger partial charge is 0.418 e. The van der Waals surface area contributed by atoms with Crippen LogP contribution in [0.25, 0.3) is 11.3 Å². The van der Waals surface area contributed by atoms with Gasteiger partial charge in [0.1, 0.15) is 0 Å². The Morgan fingerprint density at radius 2 is 1.58 bits per heavy atom. The van der Waals surface area contributed by atoms with Crippen molar-refractivity contribution in [2.75, 3.05) is 0 Å². The quantitative estimate of drug-likeness (QED) is 0.354. The Labute approximate surface area is 159 Å². The minimum Gasteiger partial charge on any atom is -0.342 e. The van der Waals surface area contributed by atoms with Crippen molar-refractivity contribution in [3.8, 4) is 11.3 Å². The molecular weight excluding hydrogens is 494 g/mol. The van der Waals surface area contributed by atoms with Crippen LogP contribution in [0.4, 0.5) is 13.2 Å². The number of halogens is 5. The van der Waals surface area contributed by atoms with Crippen molar-refractivity contribution in [3.63, 3.8) is 0 Å². The molecule has 2 aromatic carbocycles. The number of hydrogen-bond donors (Lipinski definition) is 0. The lowest BCUT2D eigenvalue weighted by molar-refractivity contribution is -0.138. The number of hydrogen-bond acceptors (Lipinski definition) is 0. The highest BCUT2D eigenvalue weighted by Gasteiger charge is 2.36. The van der Waals surface area contributed by atoms with Crippen molar-refractivity contribution < 1.29 is 13.2 Å². The first kappa shape index (κ1) is 17.5. The minimum atomic E-state index is -4.37. The lowest BCUT2D eigenvalue weighted by atomic mass is 10.1. The molecule has 0 unspecified atom stereocenters. The summed E-state index contributed by atoms with van der Waals surface area (Å²) in [6, 6.07) is 16.7. The Bertz CT molecular complexity index is 839. The molecule has 0 aliphatic rings. The van der Waals surface area contributed by atoms with Gasteiger partial charge in [0.15, 0.2) is 0 Å². The van der Waals surface area contributed by atoms with E-state index in [4.69, 9.17) is 0 Å². The third-order valence-electron chi connectivity index (χ3n) is 3.64. The molecule has 0 atom stereocenters. The monoisotopic (exact) mass is 505 g/mol. The molecule has 24 heavy (non-hydrogen) atoms. The molecule has 1 nitrogen and oxygen atoms in total. The van der Waals surface area contributed by atoms with E-state index in [0.29, 0.717) is 12.2 Å². The van der Waals surface area contributed by atoms with Crippen LogP contribution in [0, 0.1) is 3.57 Å². The van der Waals surface area contributed by atoms with Crippen LogP contribution in [0.15, 0.2) is 65.3 Å². The highest BCUT2D eigenvalue weighted by molar-refractivity contribution is 14.1. The molecule has 1 heterocycles. The van der Waals surface area contributed by atoms with Gasteiger partial charge in [-0.05, 0) is 45.9 Å². The molecule has 0 aliphatic heterocycles. The minimum absolute atomic E-state index is 0.225. The molecule has 0 amide bonds. The molecule has 3 aromatic rings. The van der Waals surface area contributed by atoms with Gasteiger partial charge in [-0.1, -0.05) is 58.4 Å². The first-order chi connectivity index (χ1) is 11.4. The molecule has 0 spiro atoms. The highest BCUT2D eigenvalue weighted by Crippen LogP contribution is 2.39. The van der Waals surface area contributed by atoms with Crippen LogP contribution in [0.5, 0.6) is 0 Å². The van der Waals surface area contributed by atoms with E-state index in [1.54, 1.807) is 27.2 Å². The van der Waals surface area contributed by atoms with Crippen LogP contribution in [-0.4, -0.2) is 4.57 Å². The second-order valence-corrected chi connectivity index (χ2v) is 7.32. The Morgan fingerprint density at radius 1 is 0.958 bits per heavy atom. The number of benzene rings is 2. The van der Waals surface area contributed by atoms with Gasteiger partial charge in [0.2, 0.25) is 0 Å². The zero-order valence-corrected chi connectivity index (χ0v) is 16.1. The molecule has 1 aromatic heterocycles. The molecule has 0 N–H and O–H groups in total. The zero-order chi connectivity index (χ0) is 17.3. The Kier molecular flexibility index (Phi) is 5.05. The Balaban J connectivity index is 2.11. The fraction of sp³-hybridized carbons (Fsp3) is 0.111. The van der Waals surface area contributed by atoms with Crippen LogP contribution in [0.1, 0.15) is 11.1 Å². The standard InChI is InChI=1S/C18H12BrF3IN/c19-14-8-6-12(7-9-14)10-24-11-15(18(20,21)22)16(23)17(24)13-4-2-1-3-5-13/h1-9,11H,10H2. The van der Waals surface area contributed by atoms with Crippen molar-refractivity contribution >= 4 is 38.5 Å². The van der Waals surface area contributed by atoms with Gasteiger partial charge < -0.3 is 4.57 Å². The predicted octanol–water partition coefficient (Wildman–Crippen LogP) is 6.59. The maximum atomic E-state index is 13.3. The molecule has 6 heteroatoms. The van der Waals surface area contributed by atoms with Gasteiger partial charge in [0.25, 0.3) is 0 Å². The second-order valence-electron chi connectivity index (χ2n) is 5.32. The molecule has 124 valence electrons. The lowest BCUT2D eigenvalue weighted by Gasteiger charge is -2.10. The van der Waals surface area contributed by atoms with E-state index in [1.165, 1.54) is 6.20 Å². The van der Waals surface area contributed by atoms with Crippen molar-refractivity contribution in [1.82, 2.24) is 4.57 Å². The first-order valence-corrected chi connectivity index (χ1v) is 8.99. The van der Waals surface area contributed by atoms with E-state index in [1.807, 2.05) is 54.6 Å². The Hall–Kier alpha value is -1.28. The third-order valence-corrected chi connectivity index (χ3v) is 5.26. The van der Waals surface area contributed by atoms with E-state index in [9.17, 15) is 13.2 Å². The van der Waals surface area contributed by atoms with Crippen molar-refractivity contribution in [3.05, 3.63) is 80.0 Å². The van der Waals surface area contributed by atoms with Crippen molar-refractivity contribution in [2.24, 2.45) is 0 Å². The fourth-order valence-electron chi connectivity index (χ4n) is 2.53. The molecular formula is C18H12BrF3IN. The van der Waals surface area contributed by atoms with Gasteiger partial charge in [0.05, 0.1) is 14.8 Å². The summed E-state index contributed by atoms with van der Waals surface area (Å²) in [5, 5.41) is 0. The molecule has 0 saturated heterocycles. The summed E-state index contributed by atoms with van der Waals surface area (Å²) in [7, 11) is 0. The number of alkyl halides is 3. The molecule has 0 fully saturated rings. The lowest BCUT2D eigenvalue weighted by Crippen LogP contribution is -2.05. The summed E-state index contributed by atoms with van der Waals surface area (Å²) >= 11 is 5.16. The van der Waals surface area contributed by atoms with Crippen LogP contribution < -0.4 is 0 Å². The Morgan fingerprint density at radius 3 is 2.17 bits per heavy atom. The summed E-state index contributed by atoms with van der Waals surface area (Å²) in [5.74, 6) is 0. The van der Waals surface area contributed by atoms with Crippen molar-refractivity contribution in [1.29, 1.82) is 0 Å². The summed E-state index contributed by atoms with van der Waals surface area (Å²) in [5.41, 5.74) is 1.70. The average Bonchev–Trinajstić information content (AvgIpc) is 2.87. The zero-order valence-electron chi connectivity index (χ0n) is 12.3. The van der Waals surface area contributed by atoms with Gasteiger partial charge in [-0.3, -0.25) is 0 Å². The van der Waals surface area contributed by atoms with E-state index in [2.05, 4.69) is 15.9 Å². The molecule has 0 saturated carbocycles. The summed E-state index contributed by atoms with van der Waals surface area (Å²) in [6.45, 7) is 0.379. The first-order valence-electron chi connectivity index (χ1n) is 7.12. The summed E-state index contributed by atoms with van der Waals surface area (Å²) in [6.07, 6.45) is -3.17. The SMILES string of the molecule is FC(F)(F)c1cn(Cc2ccc(Br)cc2)c(-c2ccccc2)c1I. The van der Waals surface area contributed by atoms with Crippen LogP contribution in [0.3, 0.4) is 0 Å². The fourth-order valence-corrected chi connectivity index (χ4v) is 3.86. The topological polar surface area (TPSA) is 4.93 Å². The van der Waals surface area contributed by atoms with Crippen LogP contribution >= 0.6 is 38.5 Å². The highest BCUT2D eigenvalue weighted by atomic mass is 127. The van der Waals surface area contributed by atoms with Gasteiger partial charge in [0, 0.05) is 17.2 Å². The van der Waals surface area contributed by atoms with E-state index >= 15 is 0 Å². The third kappa shape index (κ3) is 3.69. The molecule has 0 bridgehead atoms.